The van der Waals surface area contributed by atoms with Crippen LogP contribution in [0.25, 0.3) is 11.8 Å². The van der Waals surface area contributed by atoms with Gasteiger partial charge in [-0.05, 0) is 60.7 Å². The van der Waals surface area contributed by atoms with E-state index < -0.39 is 11.9 Å². The third-order valence-electron chi connectivity index (χ3n) is 4.16. The molecule has 0 fully saturated rings. The van der Waals surface area contributed by atoms with Crippen LogP contribution in [0.5, 0.6) is 5.75 Å². The molecule has 1 heterocycles. The molecule has 0 aliphatic carbocycles. The third kappa shape index (κ3) is 4.51. The number of carbonyl (C=O) groups is 2. The molecule has 144 valence electrons. The maximum Gasteiger partial charge on any atom is 0.335 e. The summed E-state index contributed by atoms with van der Waals surface area (Å²) < 4.78 is 6.77. The molecule has 0 aliphatic heterocycles. The molecule has 7 nitrogen and oxygen atoms in total. The van der Waals surface area contributed by atoms with Crippen molar-refractivity contribution in [3.63, 3.8) is 0 Å². The first-order valence-corrected chi connectivity index (χ1v) is 8.60. The molecule has 0 saturated heterocycles. The highest BCUT2D eigenvalue weighted by molar-refractivity contribution is 6.09. The van der Waals surface area contributed by atoms with Crippen molar-refractivity contribution in [2.45, 2.75) is 0 Å². The van der Waals surface area contributed by atoms with Gasteiger partial charge in [0.05, 0.1) is 12.7 Å². The van der Waals surface area contributed by atoms with Crippen LogP contribution < -0.4 is 10.1 Å². The zero-order valence-electron chi connectivity index (χ0n) is 15.5. The van der Waals surface area contributed by atoms with Crippen LogP contribution in [0.1, 0.15) is 16.1 Å². The van der Waals surface area contributed by atoms with Gasteiger partial charge in [-0.2, -0.15) is 5.26 Å². The fraction of sp³-hybridized carbons (Fsp3) is 0.0455. The van der Waals surface area contributed by atoms with E-state index in [1.165, 1.54) is 18.2 Å². The molecule has 1 aromatic heterocycles. The van der Waals surface area contributed by atoms with E-state index in [0.29, 0.717) is 22.8 Å². The average Bonchev–Trinajstić information content (AvgIpc) is 3.20. The number of benzene rings is 2. The van der Waals surface area contributed by atoms with Gasteiger partial charge in [0.2, 0.25) is 0 Å². The molecular weight excluding hydrogens is 370 g/mol. The summed E-state index contributed by atoms with van der Waals surface area (Å²) in [6, 6.07) is 18.5. The number of hydrogen-bond donors (Lipinski definition) is 2. The number of aromatic nitrogens is 1. The molecule has 0 atom stereocenters. The van der Waals surface area contributed by atoms with Crippen LogP contribution in [0.2, 0.25) is 0 Å². The molecule has 29 heavy (non-hydrogen) atoms. The first-order valence-electron chi connectivity index (χ1n) is 8.60. The van der Waals surface area contributed by atoms with Gasteiger partial charge in [-0.15, -0.1) is 0 Å². The normalized spacial score (nSPS) is 10.8. The Bertz CT molecular complexity index is 1120. The SMILES string of the molecule is COc1ccc(NC(=O)/C(C#N)=C/c2cccn2-c2cccc(C(=O)O)c2)cc1. The van der Waals surface area contributed by atoms with Crippen molar-refractivity contribution < 1.29 is 19.4 Å². The Labute approximate surface area is 167 Å². The molecule has 2 N–H and O–H groups in total. The minimum absolute atomic E-state index is 0.0878. The summed E-state index contributed by atoms with van der Waals surface area (Å²) in [5, 5.41) is 21.3. The molecule has 2 aromatic carbocycles. The minimum atomic E-state index is -1.03. The fourth-order valence-electron chi connectivity index (χ4n) is 2.70. The summed E-state index contributed by atoms with van der Waals surface area (Å²) in [7, 11) is 1.55. The highest BCUT2D eigenvalue weighted by Gasteiger charge is 2.12. The number of anilines is 1. The number of hydrogen-bond acceptors (Lipinski definition) is 4. The van der Waals surface area contributed by atoms with Gasteiger partial charge in [0.25, 0.3) is 5.91 Å². The van der Waals surface area contributed by atoms with Crippen molar-refractivity contribution in [2.24, 2.45) is 0 Å². The van der Waals surface area contributed by atoms with Gasteiger partial charge in [-0.25, -0.2) is 4.79 Å². The van der Waals surface area contributed by atoms with E-state index in [1.54, 1.807) is 66.4 Å². The Hall–Kier alpha value is -4.31. The second-order valence-corrected chi connectivity index (χ2v) is 6.01. The van der Waals surface area contributed by atoms with Crippen LogP contribution in [0.4, 0.5) is 5.69 Å². The number of methoxy groups -OCH3 is 1. The van der Waals surface area contributed by atoms with Crippen LogP contribution in [-0.4, -0.2) is 28.7 Å². The van der Waals surface area contributed by atoms with E-state index in [0.717, 1.165) is 0 Å². The lowest BCUT2D eigenvalue weighted by molar-refractivity contribution is -0.112. The van der Waals surface area contributed by atoms with Crippen LogP contribution in [0.3, 0.4) is 0 Å². The first kappa shape index (κ1) is 19.5. The molecule has 3 aromatic rings. The van der Waals surface area contributed by atoms with Gasteiger partial charge in [0.1, 0.15) is 17.4 Å². The van der Waals surface area contributed by atoms with Crippen LogP contribution in [0, 0.1) is 11.3 Å². The average molecular weight is 387 g/mol. The van der Waals surface area contributed by atoms with Crippen molar-refractivity contribution in [3.8, 4) is 17.5 Å². The Kier molecular flexibility index (Phi) is 5.76. The summed E-state index contributed by atoms with van der Waals surface area (Å²) in [5.41, 5.74) is 1.75. The third-order valence-corrected chi connectivity index (χ3v) is 4.16. The number of ether oxygens (including phenoxy) is 1. The highest BCUT2D eigenvalue weighted by Crippen LogP contribution is 2.19. The number of amides is 1. The number of carboxylic acids is 1. The van der Waals surface area contributed by atoms with Crippen molar-refractivity contribution in [1.29, 1.82) is 5.26 Å². The standard InChI is InChI=1S/C22H17N3O4/c1-29-20-9-7-17(8-10-20)24-21(26)16(14-23)13-19-6-3-11-25(19)18-5-2-4-15(12-18)22(27)28/h2-13H,1H3,(H,24,26)(H,27,28)/b16-13+. The Morgan fingerprint density at radius 1 is 1.14 bits per heavy atom. The van der Waals surface area contributed by atoms with Crippen molar-refractivity contribution in [2.75, 3.05) is 12.4 Å². The van der Waals surface area contributed by atoms with E-state index in [4.69, 9.17) is 4.74 Å². The zero-order chi connectivity index (χ0) is 20.8. The summed E-state index contributed by atoms with van der Waals surface area (Å²) in [4.78, 5) is 23.7. The summed E-state index contributed by atoms with van der Waals surface area (Å²) >= 11 is 0. The van der Waals surface area contributed by atoms with Gasteiger partial charge in [-0.1, -0.05) is 6.07 Å². The lowest BCUT2D eigenvalue weighted by atomic mass is 10.2. The van der Waals surface area contributed by atoms with Gasteiger partial charge in [-0.3, -0.25) is 4.79 Å². The largest absolute Gasteiger partial charge is 0.497 e. The minimum Gasteiger partial charge on any atom is -0.497 e. The summed E-state index contributed by atoms with van der Waals surface area (Å²) in [5.74, 6) is -0.933. The Balaban J connectivity index is 1.87. The molecule has 0 saturated carbocycles. The number of nitriles is 1. The van der Waals surface area contributed by atoms with Crippen molar-refractivity contribution in [3.05, 3.63) is 83.7 Å². The smallest absolute Gasteiger partial charge is 0.335 e. The van der Waals surface area contributed by atoms with Gasteiger partial charge >= 0.3 is 5.97 Å². The lowest BCUT2D eigenvalue weighted by Gasteiger charge is -2.09. The maximum absolute atomic E-state index is 12.5. The molecule has 3 rings (SSSR count). The molecule has 0 bridgehead atoms. The zero-order valence-corrected chi connectivity index (χ0v) is 15.5. The number of nitrogens with one attached hydrogen (secondary N) is 1. The van der Waals surface area contributed by atoms with Crippen LogP contribution >= 0.6 is 0 Å². The van der Waals surface area contributed by atoms with Crippen LogP contribution in [0.15, 0.2) is 72.4 Å². The van der Waals surface area contributed by atoms with E-state index in [-0.39, 0.29) is 11.1 Å². The molecule has 7 heteroatoms. The Morgan fingerprint density at radius 3 is 2.55 bits per heavy atom. The molecule has 0 unspecified atom stereocenters. The van der Waals surface area contributed by atoms with E-state index in [9.17, 15) is 20.0 Å². The van der Waals surface area contributed by atoms with Gasteiger partial charge < -0.3 is 19.7 Å². The van der Waals surface area contributed by atoms with E-state index >= 15 is 0 Å². The predicted octanol–water partition coefficient (Wildman–Crippen LogP) is 3.73. The molecular formula is C22H17N3O4. The lowest BCUT2D eigenvalue weighted by Crippen LogP contribution is -2.13. The number of aromatic carboxylic acids is 1. The van der Waals surface area contributed by atoms with Gasteiger partial charge in [0, 0.05) is 23.3 Å². The predicted molar refractivity (Wildman–Crippen MR) is 108 cm³/mol. The second-order valence-electron chi connectivity index (χ2n) is 6.01. The number of carbonyl (C=O) groups excluding carboxylic acids is 1. The number of carboxylic acid groups (broad SMARTS) is 1. The maximum atomic E-state index is 12.5. The van der Waals surface area contributed by atoms with Crippen molar-refractivity contribution >= 4 is 23.6 Å². The van der Waals surface area contributed by atoms with E-state index in [1.807, 2.05) is 6.07 Å². The molecule has 0 aliphatic rings. The highest BCUT2D eigenvalue weighted by atomic mass is 16.5. The Morgan fingerprint density at radius 2 is 1.90 bits per heavy atom. The van der Waals surface area contributed by atoms with Crippen molar-refractivity contribution in [1.82, 2.24) is 4.57 Å². The topological polar surface area (TPSA) is 104 Å². The molecule has 1 amide bonds. The quantitative estimate of drug-likeness (QED) is 0.495. The first-order chi connectivity index (χ1) is 14.0. The van der Waals surface area contributed by atoms with Gasteiger partial charge in [0.15, 0.2) is 0 Å². The monoisotopic (exact) mass is 387 g/mol. The number of rotatable bonds is 6. The fourth-order valence-corrected chi connectivity index (χ4v) is 2.70. The summed E-state index contributed by atoms with van der Waals surface area (Å²) in [6.45, 7) is 0. The molecule has 0 spiro atoms. The summed E-state index contributed by atoms with van der Waals surface area (Å²) in [6.07, 6.45) is 3.18. The molecule has 0 radical (unpaired) electrons. The number of nitrogens with zero attached hydrogens (tertiary/aromatic N) is 2. The van der Waals surface area contributed by atoms with E-state index in [2.05, 4.69) is 5.32 Å². The van der Waals surface area contributed by atoms with Crippen LogP contribution in [-0.2, 0) is 4.79 Å². The second kappa shape index (κ2) is 8.59.